The van der Waals surface area contributed by atoms with Gasteiger partial charge in [0.1, 0.15) is 5.82 Å². The summed E-state index contributed by atoms with van der Waals surface area (Å²) in [6.45, 7) is 5.14. The van der Waals surface area contributed by atoms with Gasteiger partial charge in [0.05, 0.1) is 0 Å². The number of carbonyl (C=O) groups is 2. The molecule has 0 atom stereocenters. The molecule has 0 saturated heterocycles. The summed E-state index contributed by atoms with van der Waals surface area (Å²) in [5, 5.41) is 2.90. The first-order valence-electron chi connectivity index (χ1n) is 9.94. The normalized spacial score (nSPS) is 10.7. The van der Waals surface area contributed by atoms with Crippen molar-refractivity contribution in [3.8, 4) is 0 Å². The standard InChI is InChI=1S/C24H27N3O2/c1-18-8-9-19(2)21(16-18)22(28)10-11-24(29)26-13-12-23-25-14-15-27(23)17-20-6-4-3-5-7-20/h3-9,14-16H,10-13,17H2,1-2H3,(H,26,29). The van der Waals surface area contributed by atoms with Gasteiger partial charge in [0, 0.05) is 50.3 Å². The average molecular weight is 389 g/mol. The zero-order valence-corrected chi connectivity index (χ0v) is 17.0. The molecular formula is C24H27N3O2. The van der Waals surface area contributed by atoms with Crippen LogP contribution in [0.25, 0.3) is 0 Å². The van der Waals surface area contributed by atoms with Crippen LogP contribution in [0.5, 0.6) is 0 Å². The Hall–Kier alpha value is -3.21. The fraction of sp³-hybridized carbons (Fsp3) is 0.292. The number of benzene rings is 2. The van der Waals surface area contributed by atoms with E-state index in [1.165, 1.54) is 5.56 Å². The number of carbonyl (C=O) groups excluding carboxylic acids is 2. The molecule has 0 aliphatic rings. The molecule has 5 heteroatoms. The van der Waals surface area contributed by atoms with Crippen LogP contribution in [0.2, 0.25) is 0 Å². The molecule has 5 nitrogen and oxygen atoms in total. The summed E-state index contributed by atoms with van der Waals surface area (Å²) in [5.41, 5.74) is 3.92. The van der Waals surface area contributed by atoms with Gasteiger partial charge < -0.3 is 9.88 Å². The highest BCUT2D eigenvalue weighted by atomic mass is 16.2. The van der Waals surface area contributed by atoms with Crippen LogP contribution in [-0.2, 0) is 17.8 Å². The molecule has 1 amide bonds. The van der Waals surface area contributed by atoms with Gasteiger partial charge in [-0.05, 0) is 31.0 Å². The number of hydrogen-bond acceptors (Lipinski definition) is 3. The third-order valence-electron chi connectivity index (χ3n) is 4.94. The fourth-order valence-corrected chi connectivity index (χ4v) is 3.29. The lowest BCUT2D eigenvalue weighted by atomic mass is 9.99. The van der Waals surface area contributed by atoms with Crippen LogP contribution in [0.1, 0.15) is 45.7 Å². The van der Waals surface area contributed by atoms with Crippen LogP contribution in [0.4, 0.5) is 0 Å². The van der Waals surface area contributed by atoms with Gasteiger partial charge in [-0.15, -0.1) is 0 Å². The molecule has 0 aliphatic carbocycles. The van der Waals surface area contributed by atoms with E-state index in [0.29, 0.717) is 18.5 Å². The van der Waals surface area contributed by atoms with Gasteiger partial charge in [-0.1, -0.05) is 48.0 Å². The first kappa shape index (κ1) is 20.5. The van der Waals surface area contributed by atoms with E-state index in [4.69, 9.17) is 0 Å². The Morgan fingerprint density at radius 3 is 2.62 bits per heavy atom. The summed E-state index contributed by atoms with van der Waals surface area (Å²) >= 11 is 0. The van der Waals surface area contributed by atoms with Crippen molar-refractivity contribution in [2.24, 2.45) is 0 Å². The molecule has 0 aliphatic heterocycles. The van der Waals surface area contributed by atoms with Crippen molar-refractivity contribution in [1.82, 2.24) is 14.9 Å². The summed E-state index contributed by atoms with van der Waals surface area (Å²) in [5.74, 6) is 0.838. The zero-order chi connectivity index (χ0) is 20.6. The number of amides is 1. The van der Waals surface area contributed by atoms with Crippen molar-refractivity contribution < 1.29 is 9.59 Å². The van der Waals surface area contributed by atoms with Crippen molar-refractivity contribution in [2.75, 3.05) is 6.54 Å². The number of ketones is 1. The predicted molar refractivity (Wildman–Crippen MR) is 114 cm³/mol. The molecule has 150 valence electrons. The Labute approximate surface area is 171 Å². The van der Waals surface area contributed by atoms with E-state index in [1.807, 2.05) is 56.4 Å². The van der Waals surface area contributed by atoms with E-state index >= 15 is 0 Å². The number of nitrogens with zero attached hydrogens (tertiary/aromatic N) is 2. The molecule has 1 N–H and O–H groups in total. The van der Waals surface area contributed by atoms with Crippen LogP contribution in [0.3, 0.4) is 0 Å². The Morgan fingerprint density at radius 1 is 1.03 bits per heavy atom. The van der Waals surface area contributed by atoms with Gasteiger partial charge in [-0.2, -0.15) is 0 Å². The van der Waals surface area contributed by atoms with Crippen molar-refractivity contribution >= 4 is 11.7 Å². The van der Waals surface area contributed by atoms with Gasteiger partial charge in [0.25, 0.3) is 0 Å². The SMILES string of the molecule is Cc1ccc(C)c(C(=O)CCC(=O)NCCc2nccn2Cc2ccccc2)c1. The topological polar surface area (TPSA) is 64.0 Å². The largest absolute Gasteiger partial charge is 0.356 e. The minimum atomic E-state index is -0.107. The Kier molecular flexibility index (Phi) is 6.95. The molecule has 1 heterocycles. The van der Waals surface area contributed by atoms with Crippen molar-refractivity contribution in [1.29, 1.82) is 0 Å². The smallest absolute Gasteiger partial charge is 0.220 e. The van der Waals surface area contributed by atoms with Crippen LogP contribution < -0.4 is 5.32 Å². The van der Waals surface area contributed by atoms with E-state index in [-0.39, 0.29) is 24.5 Å². The third-order valence-corrected chi connectivity index (χ3v) is 4.94. The monoisotopic (exact) mass is 389 g/mol. The number of rotatable bonds is 9. The van der Waals surface area contributed by atoms with E-state index in [2.05, 4.69) is 27.0 Å². The van der Waals surface area contributed by atoms with Crippen LogP contribution >= 0.6 is 0 Å². The molecule has 0 fully saturated rings. The van der Waals surface area contributed by atoms with Crippen LogP contribution in [0.15, 0.2) is 60.9 Å². The lowest BCUT2D eigenvalue weighted by molar-refractivity contribution is -0.121. The molecule has 0 saturated carbocycles. The lowest BCUT2D eigenvalue weighted by Gasteiger charge is -2.09. The van der Waals surface area contributed by atoms with E-state index in [9.17, 15) is 9.59 Å². The molecule has 0 radical (unpaired) electrons. The van der Waals surface area contributed by atoms with Gasteiger partial charge >= 0.3 is 0 Å². The number of Topliss-reactive ketones (excluding diaryl/α,β-unsaturated/α-hetero) is 1. The molecule has 29 heavy (non-hydrogen) atoms. The first-order chi connectivity index (χ1) is 14.0. The van der Waals surface area contributed by atoms with Crippen molar-refractivity contribution in [2.45, 2.75) is 39.7 Å². The average Bonchev–Trinajstić information content (AvgIpc) is 3.15. The minimum absolute atomic E-state index is 0.0137. The van der Waals surface area contributed by atoms with Gasteiger partial charge in [0.15, 0.2) is 5.78 Å². The number of aromatic nitrogens is 2. The molecular weight excluding hydrogens is 362 g/mol. The fourth-order valence-electron chi connectivity index (χ4n) is 3.29. The van der Waals surface area contributed by atoms with E-state index in [1.54, 1.807) is 6.20 Å². The molecule has 0 spiro atoms. The Morgan fingerprint density at radius 2 is 1.83 bits per heavy atom. The number of aryl methyl sites for hydroxylation is 2. The third kappa shape index (κ3) is 5.88. The quantitative estimate of drug-likeness (QED) is 0.565. The van der Waals surface area contributed by atoms with Gasteiger partial charge in [-0.25, -0.2) is 4.98 Å². The summed E-state index contributed by atoms with van der Waals surface area (Å²) in [7, 11) is 0. The Balaban J connectivity index is 1.44. The predicted octanol–water partition coefficient (Wildman–Crippen LogP) is 3.87. The maximum atomic E-state index is 12.4. The van der Waals surface area contributed by atoms with Crippen LogP contribution in [-0.4, -0.2) is 27.8 Å². The van der Waals surface area contributed by atoms with E-state index < -0.39 is 0 Å². The summed E-state index contributed by atoms with van der Waals surface area (Å²) in [6.07, 6.45) is 4.80. The van der Waals surface area contributed by atoms with Gasteiger partial charge in [-0.3, -0.25) is 9.59 Å². The minimum Gasteiger partial charge on any atom is -0.356 e. The van der Waals surface area contributed by atoms with E-state index in [0.717, 1.165) is 23.5 Å². The van der Waals surface area contributed by atoms with Crippen molar-refractivity contribution in [3.05, 3.63) is 89.0 Å². The zero-order valence-electron chi connectivity index (χ0n) is 17.0. The lowest BCUT2D eigenvalue weighted by Crippen LogP contribution is -2.27. The van der Waals surface area contributed by atoms with Crippen molar-refractivity contribution in [3.63, 3.8) is 0 Å². The van der Waals surface area contributed by atoms with Crippen LogP contribution in [0, 0.1) is 13.8 Å². The highest BCUT2D eigenvalue weighted by Crippen LogP contribution is 2.14. The summed E-state index contributed by atoms with van der Waals surface area (Å²) in [4.78, 5) is 29.0. The molecule has 0 bridgehead atoms. The molecule has 2 aromatic carbocycles. The maximum Gasteiger partial charge on any atom is 0.220 e. The van der Waals surface area contributed by atoms with Gasteiger partial charge in [0.2, 0.25) is 5.91 Å². The molecule has 3 aromatic rings. The summed E-state index contributed by atoms with van der Waals surface area (Å²) < 4.78 is 2.09. The first-order valence-corrected chi connectivity index (χ1v) is 9.94. The number of hydrogen-bond donors (Lipinski definition) is 1. The molecule has 3 rings (SSSR count). The number of imidazole rings is 1. The second kappa shape index (κ2) is 9.82. The number of nitrogens with one attached hydrogen (secondary N) is 1. The second-order valence-electron chi connectivity index (χ2n) is 7.30. The second-order valence-corrected chi connectivity index (χ2v) is 7.30. The highest BCUT2D eigenvalue weighted by Gasteiger charge is 2.12. The Bertz CT molecular complexity index is 977. The molecule has 1 aromatic heterocycles. The highest BCUT2D eigenvalue weighted by molar-refractivity contribution is 5.99. The molecule has 0 unspecified atom stereocenters. The maximum absolute atomic E-state index is 12.4. The summed E-state index contributed by atoms with van der Waals surface area (Å²) in [6, 6.07) is 16.0.